The second-order valence-corrected chi connectivity index (χ2v) is 5.61. The third kappa shape index (κ3) is 4.70. The van der Waals surface area contributed by atoms with Gasteiger partial charge >= 0.3 is 6.18 Å². The van der Waals surface area contributed by atoms with Crippen molar-refractivity contribution in [1.29, 1.82) is 0 Å². The van der Waals surface area contributed by atoms with Gasteiger partial charge in [0.1, 0.15) is 5.56 Å². The Hall–Kier alpha value is -3.21. The first-order chi connectivity index (χ1) is 12.6. The number of carbonyl (C=O) groups excluding carboxylic acids is 1. The molecule has 27 heavy (non-hydrogen) atoms. The number of nitro benzene ring substituents is 1. The first kappa shape index (κ1) is 20.1. The molecular formula is C16H13F3N4O3S. The predicted molar refractivity (Wildman–Crippen MR) is 95.8 cm³/mol. The molecule has 2 aromatic rings. The number of nitro groups is 1. The minimum Gasteiger partial charge on any atom is -0.364 e. The molecular weight excluding hydrogens is 385 g/mol. The van der Waals surface area contributed by atoms with E-state index >= 15 is 0 Å². The molecule has 1 amide bonds. The van der Waals surface area contributed by atoms with Gasteiger partial charge < -0.3 is 5.32 Å². The summed E-state index contributed by atoms with van der Waals surface area (Å²) < 4.78 is 39.6. The van der Waals surface area contributed by atoms with Crippen LogP contribution in [0, 0.1) is 10.1 Å². The molecule has 0 aromatic heterocycles. The lowest BCUT2D eigenvalue weighted by Crippen LogP contribution is -2.45. The molecule has 11 heteroatoms. The molecule has 0 aliphatic carbocycles. The van der Waals surface area contributed by atoms with E-state index in [0.29, 0.717) is 12.1 Å². The molecule has 0 aliphatic rings. The highest BCUT2D eigenvalue weighted by Gasteiger charge is 2.36. The topological polar surface area (TPSA) is 96.3 Å². The van der Waals surface area contributed by atoms with Crippen molar-refractivity contribution in [3.63, 3.8) is 0 Å². The van der Waals surface area contributed by atoms with E-state index in [1.54, 1.807) is 6.07 Å². The van der Waals surface area contributed by atoms with E-state index in [-0.39, 0.29) is 16.2 Å². The van der Waals surface area contributed by atoms with Gasteiger partial charge in [0.2, 0.25) is 0 Å². The maximum atomic E-state index is 13.2. The van der Waals surface area contributed by atoms with Crippen LogP contribution in [0.15, 0.2) is 42.5 Å². The summed E-state index contributed by atoms with van der Waals surface area (Å²) in [7, 11) is 1.47. The van der Waals surface area contributed by atoms with E-state index in [2.05, 4.69) is 16.2 Å². The average Bonchev–Trinajstić information content (AvgIpc) is 2.64. The summed E-state index contributed by atoms with van der Waals surface area (Å²) >= 11 is 4.78. The van der Waals surface area contributed by atoms with Crippen LogP contribution >= 0.6 is 12.2 Å². The van der Waals surface area contributed by atoms with Crippen LogP contribution in [0.25, 0.3) is 11.1 Å². The summed E-state index contributed by atoms with van der Waals surface area (Å²) in [5, 5.41) is 13.9. The SMILES string of the molecule is CNC(=S)NNC(=O)c1c(-c2ccccc2)cc(C(F)(F)F)cc1[N+](=O)[O-]. The minimum absolute atomic E-state index is 0.0131. The summed E-state index contributed by atoms with van der Waals surface area (Å²) in [6, 6.07) is 8.63. The first-order valence-electron chi connectivity index (χ1n) is 7.38. The number of benzene rings is 2. The second-order valence-electron chi connectivity index (χ2n) is 5.20. The molecule has 0 radical (unpaired) electrons. The fourth-order valence-electron chi connectivity index (χ4n) is 2.26. The zero-order valence-electron chi connectivity index (χ0n) is 13.8. The van der Waals surface area contributed by atoms with Crippen molar-refractivity contribution < 1.29 is 22.9 Å². The van der Waals surface area contributed by atoms with Crippen molar-refractivity contribution in [1.82, 2.24) is 16.2 Å². The number of nitrogens with one attached hydrogen (secondary N) is 3. The monoisotopic (exact) mass is 398 g/mol. The molecule has 2 rings (SSSR count). The van der Waals surface area contributed by atoms with Gasteiger partial charge in [0, 0.05) is 18.7 Å². The van der Waals surface area contributed by atoms with Gasteiger partial charge in [-0.3, -0.25) is 25.8 Å². The summed E-state index contributed by atoms with van der Waals surface area (Å²) in [6.45, 7) is 0. The molecule has 0 aliphatic heterocycles. The third-order valence-electron chi connectivity index (χ3n) is 3.47. The number of hydrogen-bond donors (Lipinski definition) is 3. The summed E-state index contributed by atoms with van der Waals surface area (Å²) in [6.07, 6.45) is -4.82. The Morgan fingerprint density at radius 2 is 1.78 bits per heavy atom. The molecule has 0 bridgehead atoms. The van der Waals surface area contributed by atoms with E-state index in [9.17, 15) is 28.1 Å². The normalized spacial score (nSPS) is 10.8. The van der Waals surface area contributed by atoms with E-state index in [1.807, 2.05) is 0 Å². The molecule has 0 fully saturated rings. The van der Waals surface area contributed by atoms with E-state index in [0.717, 1.165) is 0 Å². The van der Waals surface area contributed by atoms with Crippen LogP contribution in [0.5, 0.6) is 0 Å². The van der Waals surface area contributed by atoms with Crippen LogP contribution in [0.4, 0.5) is 18.9 Å². The number of amides is 1. The molecule has 142 valence electrons. The lowest BCUT2D eigenvalue weighted by Gasteiger charge is -2.15. The quantitative estimate of drug-likeness (QED) is 0.418. The maximum absolute atomic E-state index is 13.2. The van der Waals surface area contributed by atoms with Gasteiger partial charge in [-0.1, -0.05) is 30.3 Å². The maximum Gasteiger partial charge on any atom is 0.416 e. The Morgan fingerprint density at radius 3 is 2.30 bits per heavy atom. The molecule has 0 heterocycles. The minimum atomic E-state index is -4.82. The second kappa shape index (κ2) is 7.99. The number of halogens is 3. The number of hydrogen-bond acceptors (Lipinski definition) is 4. The molecule has 0 atom stereocenters. The van der Waals surface area contributed by atoms with Gasteiger partial charge in [-0.2, -0.15) is 13.2 Å². The Morgan fingerprint density at radius 1 is 1.15 bits per heavy atom. The highest BCUT2D eigenvalue weighted by molar-refractivity contribution is 7.80. The van der Waals surface area contributed by atoms with E-state index < -0.39 is 33.8 Å². The molecule has 3 N–H and O–H groups in total. The molecule has 0 saturated heterocycles. The van der Waals surface area contributed by atoms with Crippen LogP contribution in [-0.2, 0) is 6.18 Å². The number of hydrazine groups is 1. The number of carbonyl (C=O) groups is 1. The Labute approximate surface area is 156 Å². The molecule has 0 saturated carbocycles. The predicted octanol–water partition coefficient (Wildman–Crippen LogP) is 3.02. The van der Waals surface area contributed by atoms with Crippen molar-refractivity contribution in [2.45, 2.75) is 6.18 Å². The van der Waals surface area contributed by atoms with Gasteiger partial charge in [0.15, 0.2) is 5.11 Å². The Kier molecular flexibility index (Phi) is 5.95. The molecule has 0 spiro atoms. The van der Waals surface area contributed by atoms with Crippen molar-refractivity contribution in [3.05, 3.63) is 63.7 Å². The standard InChI is InChI=1S/C16H13F3N4O3S/c1-20-15(27)22-21-14(24)13-11(9-5-3-2-4-6-9)7-10(16(17,18)19)8-12(13)23(25)26/h2-8H,1H3,(H,21,24)(H2,20,22,27). The highest BCUT2D eigenvalue weighted by atomic mass is 32.1. The summed E-state index contributed by atoms with van der Waals surface area (Å²) in [4.78, 5) is 22.8. The van der Waals surface area contributed by atoms with E-state index in [1.165, 1.54) is 31.3 Å². The number of rotatable bonds is 3. The van der Waals surface area contributed by atoms with Crippen molar-refractivity contribution >= 4 is 28.9 Å². The van der Waals surface area contributed by atoms with Gasteiger partial charge in [-0.15, -0.1) is 0 Å². The zero-order chi connectivity index (χ0) is 20.2. The van der Waals surface area contributed by atoms with Crippen molar-refractivity contribution in [2.24, 2.45) is 0 Å². The Balaban J connectivity index is 2.69. The fourth-order valence-corrected chi connectivity index (χ4v) is 2.31. The number of thiocarbonyl (C=S) groups is 1. The van der Waals surface area contributed by atoms with Crippen LogP contribution < -0.4 is 16.2 Å². The van der Waals surface area contributed by atoms with Crippen LogP contribution in [0.3, 0.4) is 0 Å². The van der Waals surface area contributed by atoms with Crippen molar-refractivity contribution in [3.8, 4) is 11.1 Å². The smallest absolute Gasteiger partial charge is 0.364 e. The van der Waals surface area contributed by atoms with E-state index in [4.69, 9.17) is 12.2 Å². The lowest BCUT2D eigenvalue weighted by molar-refractivity contribution is -0.385. The summed E-state index contributed by atoms with van der Waals surface area (Å²) in [5.74, 6) is -1.01. The van der Waals surface area contributed by atoms with Gasteiger partial charge in [-0.05, 0) is 23.8 Å². The first-order valence-corrected chi connectivity index (χ1v) is 7.79. The van der Waals surface area contributed by atoms with Gasteiger partial charge in [-0.25, -0.2) is 0 Å². The van der Waals surface area contributed by atoms with Crippen LogP contribution in [0.1, 0.15) is 15.9 Å². The molecule has 0 unspecified atom stereocenters. The lowest BCUT2D eigenvalue weighted by atomic mass is 9.95. The van der Waals surface area contributed by atoms with Crippen LogP contribution in [0.2, 0.25) is 0 Å². The molecule has 2 aromatic carbocycles. The number of alkyl halides is 3. The Bertz CT molecular complexity index is 888. The molecule has 7 nitrogen and oxygen atoms in total. The largest absolute Gasteiger partial charge is 0.416 e. The number of nitrogens with zero attached hydrogens (tertiary/aromatic N) is 1. The van der Waals surface area contributed by atoms with Gasteiger partial charge in [0.05, 0.1) is 10.5 Å². The average molecular weight is 398 g/mol. The fraction of sp³-hybridized carbons (Fsp3) is 0.125. The van der Waals surface area contributed by atoms with Crippen molar-refractivity contribution in [2.75, 3.05) is 7.05 Å². The van der Waals surface area contributed by atoms with Crippen LogP contribution in [-0.4, -0.2) is 23.0 Å². The third-order valence-corrected chi connectivity index (χ3v) is 3.78. The van der Waals surface area contributed by atoms with Gasteiger partial charge in [0.25, 0.3) is 11.6 Å². The highest BCUT2D eigenvalue weighted by Crippen LogP contribution is 2.38. The summed E-state index contributed by atoms with van der Waals surface area (Å²) in [5.41, 5.74) is 1.69. The zero-order valence-corrected chi connectivity index (χ0v) is 14.6.